The van der Waals surface area contributed by atoms with E-state index in [1.165, 1.54) is 12.1 Å². The second-order valence-electron chi connectivity index (χ2n) is 8.96. The molecule has 1 aliphatic rings. The Hall–Kier alpha value is -3.45. The normalized spacial score (nSPS) is 18.2. The third-order valence-corrected chi connectivity index (χ3v) is 6.15. The number of carbonyl (C=O) groups is 2. The van der Waals surface area contributed by atoms with Gasteiger partial charge in [-0.2, -0.15) is 0 Å². The molecule has 2 N–H and O–H groups in total. The number of esters is 1. The summed E-state index contributed by atoms with van der Waals surface area (Å²) < 4.78 is 21.1. The molecule has 2 aromatic carbocycles. The fourth-order valence-electron chi connectivity index (χ4n) is 4.79. The molecule has 34 heavy (non-hydrogen) atoms. The zero-order valence-electron chi connectivity index (χ0n) is 19.2. The Balaban J connectivity index is 1.91. The number of carboxylic acid groups (broad SMARTS) is 1. The molecule has 4 rings (SSSR count). The van der Waals surface area contributed by atoms with Crippen molar-refractivity contribution in [3.05, 3.63) is 71.7 Å². The number of rotatable bonds is 7. The summed E-state index contributed by atoms with van der Waals surface area (Å²) in [6, 6.07) is 15.3. The maximum atomic E-state index is 13.8. The average molecular weight is 466 g/mol. The molecule has 6 nitrogen and oxygen atoms in total. The Labute approximate surface area is 197 Å². The number of aliphatic hydroxyl groups is 1. The fourth-order valence-corrected chi connectivity index (χ4v) is 4.79. The predicted octanol–water partition coefficient (Wildman–Crippen LogP) is 5.24. The molecule has 7 heteroatoms. The standard InChI is InChI=1S/C27H28FNO5/c1-16(2)25-24(27(32)33)23(17-6-4-3-5-7-17)26(18-8-10-19(28)11-9-18)29(25)13-12-21-14-20(30)15-22(31)34-21/h3-11,16,20-21,30H,12-15H2,1-2H3,(H,32,33). The highest BCUT2D eigenvalue weighted by Crippen LogP contribution is 2.42. The lowest BCUT2D eigenvalue weighted by molar-refractivity contribution is -0.160. The number of hydrogen-bond acceptors (Lipinski definition) is 4. The van der Waals surface area contributed by atoms with Crippen LogP contribution in [0.25, 0.3) is 22.4 Å². The first kappa shape index (κ1) is 23.7. The Kier molecular flexibility index (Phi) is 6.84. The summed E-state index contributed by atoms with van der Waals surface area (Å²) in [4.78, 5) is 24.4. The van der Waals surface area contributed by atoms with Crippen molar-refractivity contribution in [1.82, 2.24) is 4.57 Å². The van der Waals surface area contributed by atoms with Crippen molar-refractivity contribution >= 4 is 11.9 Å². The van der Waals surface area contributed by atoms with Gasteiger partial charge in [0.1, 0.15) is 11.9 Å². The minimum absolute atomic E-state index is 0.0145. The lowest BCUT2D eigenvalue weighted by Crippen LogP contribution is -2.33. The van der Waals surface area contributed by atoms with Crippen LogP contribution in [0.5, 0.6) is 0 Å². The summed E-state index contributed by atoms with van der Waals surface area (Å²) in [7, 11) is 0. The van der Waals surface area contributed by atoms with Crippen molar-refractivity contribution in [2.45, 2.75) is 57.8 Å². The molecule has 2 heterocycles. The molecular weight excluding hydrogens is 437 g/mol. The van der Waals surface area contributed by atoms with Crippen LogP contribution in [0.2, 0.25) is 0 Å². The molecule has 2 atom stereocenters. The number of carbonyl (C=O) groups excluding carboxylic acids is 1. The fraction of sp³-hybridized carbons (Fsp3) is 0.333. The van der Waals surface area contributed by atoms with E-state index in [1.54, 1.807) is 12.1 Å². The first-order chi connectivity index (χ1) is 16.3. The highest BCUT2D eigenvalue weighted by Gasteiger charge is 2.32. The van der Waals surface area contributed by atoms with Gasteiger partial charge in [-0.3, -0.25) is 4.79 Å². The summed E-state index contributed by atoms with van der Waals surface area (Å²) >= 11 is 0. The second kappa shape index (κ2) is 9.81. The van der Waals surface area contributed by atoms with E-state index in [1.807, 2.05) is 48.7 Å². The van der Waals surface area contributed by atoms with Gasteiger partial charge in [-0.1, -0.05) is 44.2 Å². The van der Waals surface area contributed by atoms with Crippen LogP contribution in [0.15, 0.2) is 54.6 Å². The van der Waals surface area contributed by atoms with Crippen LogP contribution in [0.1, 0.15) is 55.1 Å². The molecule has 0 aliphatic carbocycles. The second-order valence-corrected chi connectivity index (χ2v) is 8.96. The van der Waals surface area contributed by atoms with E-state index in [0.717, 1.165) is 5.56 Å². The molecule has 0 spiro atoms. The number of aromatic carboxylic acids is 1. The molecule has 1 fully saturated rings. The number of cyclic esters (lactones) is 1. The van der Waals surface area contributed by atoms with E-state index in [9.17, 15) is 24.2 Å². The lowest BCUT2D eigenvalue weighted by Gasteiger charge is -2.27. The number of ether oxygens (including phenoxy) is 1. The first-order valence-corrected chi connectivity index (χ1v) is 11.4. The smallest absolute Gasteiger partial charge is 0.338 e. The maximum Gasteiger partial charge on any atom is 0.338 e. The molecule has 0 amide bonds. The lowest BCUT2D eigenvalue weighted by atomic mass is 9.95. The number of nitrogens with zero attached hydrogens (tertiary/aromatic N) is 1. The summed E-state index contributed by atoms with van der Waals surface area (Å²) in [5, 5.41) is 20.3. The molecule has 1 aliphatic heterocycles. The van der Waals surface area contributed by atoms with Crippen LogP contribution < -0.4 is 0 Å². The number of benzene rings is 2. The van der Waals surface area contributed by atoms with Crippen molar-refractivity contribution in [3.63, 3.8) is 0 Å². The average Bonchev–Trinajstić information content (AvgIpc) is 3.14. The number of aromatic nitrogens is 1. The molecule has 3 aromatic rings. The summed E-state index contributed by atoms with van der Waals surface area (Å²) in [6.07, 6.45) is -0.467. The van der Waals surface area contributed by atoms with Gasteiger partial charge in [-0.05, 0) is 41.3 Å². The van der Waals surface area contributed by atoms with Crippen molar-refractivity contribution < 1.29 is 28.9 Å². The van der Waals surface area contributed by atoms with Gasteiger partial charge in [0, 0.05) is 30.6 Å². The van der Waals surface area contributed by atoms with Gasteiger partial charge in [0.15, 0.2) is 0 Å². The predicted molar refractivity (Wildman–Crippen MR) is 126 cm³/mol. The Morgan fingerprint density at radius 3 is 2.38 bits per heavy atom. The van der Waals surface area contributed by atoms with Gasteiger partial charge in [-0.15, -0.1) is 0 Å². The minimum Gasteiger partial charge on any atom is -0.478 e. The third kappa shape index (κ3) is 4.75. The van der Waals surface area contributed by atoms with E-state index in [0.29, 0.717) is 41.9 Å². The van der Waals surface area contributed by atoms with Crippen molar-refractivity contribution in [2.75, 3.05) is 0 Å². The van der Waals surface area contributed by atoms with E-state index in [-0.39, 0.29) is 23.7 Å². The highest BCUT2D eigenvalue weighted by molar-refractivity contribution is 6.03. The van der Waals surface area contributed by atoms with Crippen LogP contribution in [0.3, 0.4) is 0 Å². The van der Waals surface area contributed by atoms with Gasteiger partial charge in [-0.25, -0.2) is 9.18 Å². The molecule has 0 bridgehead atoms. The summed E-state index contributed by atoms with van der Waals surface area (Å²) in [5.74, 6) is -1.98. The number of hydrogen-bond donors (Lipinski definition) is 2. The zero-order chi connectivity index (χ0) is 24.4. The van der Waals surface area contributed by atoms with Crippen LogP contribution in [-0.2, 0) is 16.1 Å². The van der Waals surface area contributed by atoms with Crippen LogP contribution in [0, 0.1) is 5.82 Å². The number of halogens is 1. The van der Waals surface area contributed by atoms with E-state index in [2.05, 4.69) is 0 Å². The molecule has 0 radical (unpaired) electrons. The summed E-state index contributed by atoms with van der Waals surface area (Å²) in [6.45, 7) is 4.25. The molecule has 1 aromatic heterocycles. The van der Waals surface area contributed by atoms with E-state index in [4.69, 9.17) is 4.74 Å². The maximum absolute atomic E-state index is 13.8. The quantitative estimate of drug-likeness (QED) is 0.466. The van der Waals surface area contributed by atoms with Crippen LogP contribution in [-0.4, -0.2) is 38.9 Å². The molecule has 2 unspecified atom stereocenters. The Morgan fingerprint density at radius 1 is 1.12 bits per heavy atom. The highest BCUT2D eigenvalue weighted by atomic mass is 19.1. The van der Waals surface area contributed by atoms with Gasteiger partial charge in [0.05, 0.1) is 23.8 Å². The van der Waals surface area contributed by atoms with Crippen LogP contribution in [0.4, 0.5) is 4.39 Å². The molecule has 178 valence electrons. The van der Waals surface area contributed by atoms with Gasteiger partial charge in [0.2, 0.25) is 0 Å². The van der Waals surface area contributed by atoms with Crippen molar-refractivity contribution in [1.29, 1.82) is 0 Å². The van der Waals surface area contributed by atoms with E-state index < -0.39 is 24.1 Å². The molecule has 1 saturated heterocycles. The Bertz CT molecular complexity index is 1180. The van der Waals surface area contributed by atoms with Crippen LogP contribution >= 0.6 is 0 Å². The van der Waals surface area contributed by atoms with E-state index >= 15 is 0 Å². The molecular formula is C27H28FNO5. The minimum atomic E-state index is -1.04. The Morgan fingerprint density at radius 2 is 1.79 bits per heavy atom. The third-order valence-electron chi connectivity index (χ3n) is 6.15. The van der Waals surface area contributed by atoms with Gasteiger partial charge < -0.3 is 19.5 Å². The topological polar surface area (TPSA) is 88.8 Å². The number of carboxylic acids is 1. The first-order valence-electron chi connectivity index (χ1n) is 11.4. The summed E-state index contributed by atoms with van der Waals surface area (Å²) in [5.41, 5.74) is 3.54. The largest absolute Gasteiger partial charge is 0.478 e. The molecule has 0 saturated carbocycles. The van der Waals surface area contributed by atoms with Gasteiger partial charge in [0.25, 0.3) is 0 Å². The monoisotopic (exact) mass is 465 g/mol. The SMILES string of the molecule is CC(C)c1c(C(=O)O)c(-c2ccccc2)c(-c2ccc(F)cc2)n1CCC1CC(O)CC(=O)O1. The van der Waals surface area contributed by atoms with Crippen molar-refractivity contribution in [2.24, 2.45) is 0 Å². The van der Waals surface area contributed by atoms with Gasteiger partial charge >= 0.3 is 11.9 Å². The number of aliphatic hydroxyl groups excluding tert-OH is 1. The van der Waals surface area contributed by atoms with Crippen molar-refractivity contribution in [3.8, 4) is 22.4 Å². The zero-order valence-corrected chi connectivity index (χ0v) is 19.2.